The molecule has 0 saturated heterocycles. The third-order valence-corrected chi connectivity index (χ3v) is 4.99. The van der Waals surface area contributed by atoms with Gasteiger partial charge in [-0.25, -0.2) is 4.79 Å². The Morgan fingerprint density at radius 3 is 2.53 bits per heavy atom. The number of carbonyl (C=O) groups is 1. The van der Waals surface area contributed by atoms with E-state index in [0.29, 0.717) is 6.54 Å². The lowest BCUT2D eigenvalue weighted by atomic mass is 9.88. The second kappa shape index (κ2) is 8.57. The number of carbonyl (C=O) groups excluding carboxylic acids is 1. The molecular formula is C23H25NO6. The summed E-state index contributed by atoms with van der Waals surface area (Å²) in [5.41, 5.74) is -0.252. The maximum Gasteiger partial charge on any atom is 0.343 e. The molecule has 0 unspecified atom stereocenters. The molecule has 0 aliphatic rings. The number of para-hydroxylation sites is 1. The van der Waals surface area contributed by atoms with Crippen molar-refractivity contribution in [3.8, 4) is 5.75 Å². The van der Waals surface area contributed by atoms with Crippen molar-refractivity contribution in [2.75, 3.05) is 7.11 Å². The highest BCUT2D eigenvalue weighted by molar-refractivity contribution is 5.80. The first-order chi connectivity index (χ1) is 14.2. The van der Waals surface area contributed by atoms with Crippen molar-refractivity contribution >= 4 is 16.9 Å². The highest BCUT2D eigenvalue weighted by Crippen LogP contribution is 2.32. The van der Waals surface area contributed by atoms with Crippen molar-refractivity contribution in [1.82, 2.24) is 4.57 Å². The number of benzene rings is 1. The monoisotopic (exact) mass is 411 g/mol. The van der Waals surface area contributed by atoms with Gasteiger partial charge in [0.2, 0.25) is 0 Å². The Hall–Kier alpha value is -3.35. The Kier molecular flexibility index (Phi) is 6.10. The van der Waals surface area contributed by atoms with Crippen molar-refractivity contribution in [3.63, 3.8) is 0 Å². The van der Waals surface area contributed by atoms with Gasteiger partial charge >= 0.3 is 11.6 Å². The van der Waals surface area contributed by atoms with Crippen molar-refractivity contribution < 1.29 is 19.1 Å². The van der Waals surface area contributed by atoms with Crippen LogP contribution in [0.1, 0.15) is 43.1 Å². The smallest absolute Gasteiger partial charge is 0.343 e. The van der Waals surface area contributed by atoms with Gasteiger partial charge in [-0.2, -0.15) is 0 Å². The van der Waals surface area contributed by atoms with E-state index in [-0.39, 0.29) is 40.5 Å². The van der Waals surface area contributed by atoms with Crippen LogP contribution in [0.4, 0.5) is 0 Å². The maximum atomic E-state index is 13.5. The number of aromatic nitrogens is 1. The van der Waals surface area contributed by atoms with Crippen LogP contribution in [0, 0.1) is 12.8 Å². The van der Waals surface area contributed by atoms with Crippen LogP contribution in [-0.4, -0.2) is 22.8 Å². The van der Waals surface area contributed by atoms with Gasteiger partial charge in [0.1, 0.15) is 11.5 Å². The minimum absolute atomic E-state index is 0.130. The van der Waals surface area contributed by atoms with Gasteiger partial charge < -0.3 is 18.8 Å². The van der Waals surface area contributed by atoms with Crippen LogP contribution in [0.2, 0.25) is 0 Å². The number of nitrogens with zero attached hydrogens (tertiary/aromatic N) is 1. The maximum absolute atomic E-state index is 13.5. The number of fused-ring (bicyclic) bond motifs is 1. The summed E-state index contributed by atoms with van der Waals surface area (Å²) in [5.74, 6) is -1.51. The highest BCUT2D eigenvalue weighted by Gasteiger charge is 2.29. The molecule has 0 saturated carbocycles. The van der Waals surface area contributed by atoms with Crippen LogP contribution in [0.3, 0.4) is 0 Å². The number of ether oxygens (including phenoxy) is 1. The van der Waals surface area contributed by atoms with Gasteiger partial charge in [-0.1, -0.05) is 32.0 Å². The second-order valence-corrected chi connectivity index (χ2v) is 7.74. The Morgan fingerprint density at radius 1 is 1.20 bits per heavy atom. The molecule has 0 amide bonds. The van der Waals surface area contributed by atoms with E-state index in [1.807, 2.05) is 38.1 Å². The van der Waals surface area contributed by atoms with E-state index >= 15 is 0 Å². The van der Waals surface area contributed by atoms with Crippen molar-refractivity contribution in [1.29, 1.82) is 0 Å². The number of aryl methyl sites for hydroxylation is 1. The van der Waals surface area contributed by atoms with E-state index in [1.54, 1.807) is 10.6 Å². The minimum atomic E-state index is -1.01. The molecule has 1 aromatic carbocycles. The van der Waals surface area contributed by atoms with E-state index in [0.717, 1.165) is 10.9 Å². The largest absolute Gasteiger partial charge is 0.507 e. The summed E-state index contributed by atoms with van der Waals surface area (Å²) in [5, 5.41) is 11.3. The highest BCUT2D eigenvalue weighted by atomic mass is 16.5. The van der Waals surface area contributed by atoms with Gasteiger partial charge in [0.15, 0.2) is 0 Å². The quantitative estimate of drug-likeness (QED) is 0.625. The Bertz CT molecular complexity index is 1200. The molecule has 158 valence electrons. The molecule has 30 heavy (non-hydrogen) atoms. The van der Waals surface area contributed by atoms with Crippen LogP contribution >= 0.6 is 0 Å². The van der Waals surface area contributed by atoms with Gasteiger partial charge in [-0.15, -0.1) is 0 Å². The summed E-state index contributed by atoms with van der Waals surface area (Å²) < 4.78 is 11.6. The lowest BCUT2D eigenvalue weighted by Crippen LogP contribution is -2.30. The van der Waals surface area contributed by atoms with Crippen molar-refractivity contribution in [3.05, 3.63) is 74.1 Å². The lowest BCUT2D eigenvalue weighted by molar-refractivity contribution is -0.140. The SMILES string of the molecule is COC(=O)C[C@H](c1c(O)cc(C)oc1=O)c1cc2ccccc2n(CC(C)C)c1=O. The van der Waals surface area contributed by atoms with Crippen molar-refractivity contribution in [2.24, 2.45) is 5.92 Å². The van der Waals surface area contributed by atoms with E-state index in [1.165, 1.54) is 20.1 Å². The van der Waals surface area contributed by atoms with Crippen molar-refractivity contribution in [2.45, 2.75) is 39.7 Å². The third kappa shape index (κ3) is 4.15. The molecule has 0 spiro atoms. The zero-order valence-corrected chi connectivity index (χ0v) is 17.5. The van der Waals surface area contributed by atoms with Gasteiger partial charge in [0.05, 0.1) is 24.6 Å². The summed E-state index contributed by atoms with van der Waals surface area (Å²) in [7, 11) is 1.23. The Morgan fingerprint density at radius 2 is 1.90 bits per heavy atom. The first-order valence-corrected chi connectivity index (χ1v) is 9.75. The number of methoxy groups -OCH3 is 1. The number of hydrogen-bond donors (Lipinski definition) is 1. The second-order valence-electron chi connectivity index (χ2n) is 7.74. The predicted molar refractivity (Wildman–Crippen MR) is 113 cm³/mol. The minimum Gasteiger partial charge on any atom is -0.507 e. The number of hydrogen-bond acceptors (Lipinski definition) is 6. The Balaban J connectivity index is 2.34. The molecular weight excluding hydrogens is 386 g/mol. The summed E-state index contributed by atoms with van der Waals surface area (Å²) in [6.07, 6.45) is -0.285. The molecule has 0 fully saturated rings. The van der Waals surface area contributed by atoms with E-state index in [9.17, 15) is 19.5 Å². The lowest BCUT2D eigenvalue weighted by Gasteiger charge is -2.20. The number of esters is 1. The summed E-state index contributed by atoms with van der Waals surface area (Å²) in [4.78, 5) is 38.2. The van der Waals surface area contributed by atoms with Crippen LogP contribution in [0.5, 0.6) is 5.75 Å². The first-order valence-electron chi connectivity index (χ1n) is 9.75. The molecule has 2 aromatic heterocycles. The molecule has 1 N–H and O–H groups in total. The summed E-state index contributed by atoms with van der Waals surface area (Å²) >= 11 is 0. The first kappa shape index (κ1) is 21.4. The normalized spacial score (nSPS) is 12.3. The van der Waals surface area contributed by atoms with E-state index in [2.05, 4.69) is 0 Å². The fraction of sp³-hybridized carbons (Fsp3) is 0.348. The topological polar surface area (TPSA) is 98.7 Å². The molecule has 1 atom stereocenters. The Labute approximate surface area is 173 Å². The molecule has 0 radical (unpaired) electrons. The zero-order valence-electron chi connectivity index (χ0n) is 17.5. The number of pyridine rings is 1. The van der Waals surface area contributed by atoms with Crippen LogP contribution in [0.25, 0.3) is 10.9 Å². The van der Waals surface area contributed by atoms with E-state index < -0.39 is 17.5 Å². The average molecular weight is 411 g/mol. The molecule has 0 bridgehead atoms. The summed E-state index contributed by atoms with van der Waals surface area (Å²) in [6.45, 7) is 6.00. The number of rotatable bonds is 6. The summed E-state index contributed by atoms with van der Waals surface area (Å²) in [6, 6.07) is 10.4. The number of aromatic hydroxyl groups is 1. The van der Waals surface area contributed by atoms with Gasteiger partial charge in [-0.05, 0) is 30.4 Å². The molecule has 0 aliphatic carbocycles. The third-order valence-electron chi connectivity index (χ3n) is 4.99. The molecule has 0 aliphatic heterocycles. The zero-order chi connectivity index (χ0) is 22.0. The fourth-order valence-electron chi connectivity index (χ4n) is 3.69. The van der Waals surface area contributed by atoms with Crippen LogP contribution in [-0.2, 0) is 16.1 Å². The molecule has 7 heteroatoms. The molecule has 3 aromatic rings. The van der Waals surface area contributed by atoms with Crippen LogP contribution in [0.15, 0.2) is 50.4 Å². The average Bonchev–Trinajstić information content (AvgIpc) is 2.68. The van der Waals surface area contributed by atoms with Crippen LogP contribution < -0.4 is 11.2 Å². The predicted octanol–water partition coefficient (Wildman–Crippen LogP) is 3.32. The van der Waals surface area contributed by atoms with Gasteiger partial charge in [0, 0.05) is 24.1 Å². The molecule has 3 rings (SSSR count). The standard InChI is InChI=1S/C23H25NO6/c1-13(2)12-24-18-8-6-5-7-15(18)10-17(22(24)27)16(11-20(26)29-4)21-19(25)9-14(3)30-23(21)28/h5-10,13,16,25H,11-12H2,1-4H3/t16-/m0/s1. The molecule has 7 nitrogen and oxygen atoms in total. The van der Waals surface area contributed by atoms with E-state index in [4.69, 9.17) is 9.15 Å². The van der Waals surface area contributed by atoms with Gasteiger partial charge in [-0.3, -0.25) is 9.59 Å². The fourth-order valence-corrected chi connectivity index (χ4v) is 3.69. The van der Waals surface area contributed by atoms with Gasteiger partial charge in [0.25, 0.3) is 5.56 Å². The molecule has 2 heterocycles.